The summed E-state index contributed by atoms with van der Waals surface area (Å²) in [4.78, 5) is 15.2. The van der Waals surface area contributed by atoms with Crippen molar-refractivity contribution >= 4 is 11.8 Å². The molecule has 7 nitrogen and oxygen atoms in total. The van der Waals surface area contributed by atoms with Crippen molar-refractivity contribution in [3.05, 3.63) is 69.8 Å². The van der Waals surface area contributed by atoms with E-state index in [1.54, 1.807) is 6.07 Å². The Balaban J connectivity index is 1.53. The summed E-state index contributed by atoms with van der Waals surface area (Å²) in [6.45, 7) is 5.14. The van der Waals surface area contributed by atoms with E-state index >= 15 is 0 Å². The van der Waals surface area contributed by atoms with Crippen molar-refractivity contribution in [2.75, 3.05) is 39.8 Å². The van der Waals surface area contributed by atoms with Gasteiger partial charge in [0.25, 0.3) is 0 Å². The topological polar surface area (TPSA) is 79.1 Å². The second kappa shape index (κ2) is 9.34. The van der Waals surface area contributed by atoms with Crippen LogP contribution < -0.4 is 4.74 Å². The molecular weight excluding hydrogens is 358 g/mol. The van der Waals surface area contributed by atoms with Gasteiger partial charge in [-0.25, -0.2) is 0 Å². The second-order valence-electron chi connectivity index (χ2n) is 6.81. The van der Waals surface area contributed by atoms with Gasteiger partial charge in [0.1, 0.15) is 0 Å². The quantitative estimate of drug-likeness (QED) is 0.585. The van der Waals surface area contributed by atoms with Gasteiger partial charge >= 0.3 is 5.69 Å². The molecule has 1 aliphatic heterocycles. The third-order valence-electron chi connectivity index (χ3n) is 4.88. The first-order chi connectivity index (χ1) is 13.6. The molecule has 7 heteroatoms. The second-order valence-corrected chi connectivity index (χ2v) is 6.81. The van der Waals surface area contributed by atoms with Crippen LogP contribution in [-0.4, -0.2) is 59.7 Å². The molecule has 1 aliphatic rings. The zero-order chi connectivity index (χ0) is 19.9. The van der Waals surface area contributed by atoms with E-state index in [1.807, 2.05) is 18.2 Å². The minimum atomic E-state index is -0.585. The maximum Gasteiger partial charge on any atom is 0.314 e. The van der Waals surface area contributed by atoms with E-state index in [9.17, 15) is 15.2 Å². The van der Waals surface area contributed by atoms with Gasteiger partial charge in [-0.3, -0.25) is 19.9 Å². The average Bonchev–Trinajstić information content (AvgIpc) is 2.71. The standard InChI is InChI=1S/C21H25N3O4/c1-28-20-15-18(14-19(21(20)25)24(26)27)16-23-12-10-22(11-13-23)9-5-8-17-6-3-2-4-7-17/h2-8,14-15,25H,9-13,16H2,1H3. The number of nitrogens with zero attached hydrogens (tertiary/aromatic N) is 3. The first-order valence-electron chi connectivity index (χ1n) is 9.27. The molecule has 2 aromatic rings. The molecule has 0 radical (unpaired) electrons. The van der Waals surface area contributed by atoms with Gasteiger partial charge in [0.05, 0.1) is 12.0 Å². The predicted octanol–water partition coefficient (Wildman–Crippen LogP) is 3.14. The number of benzene rings is 2. The molecule has 0 unspecified atom stereocenters. The van der Waals surface area contributed by atoms with E-state index < -0.39 is 10.7 Å². The Morgan fingerprint density at radius 1 is 1.14 bits per heavy atom. The number of phenols is 1. The van der Waals surface area contributed by atoms with Crippen LogP contribution in [0.25, 0.3) is 6.08 Å². The smallest absolute Gasteiger partial charge is 0.314 e. The van der Waals surface area contributed by atoms with Gasteiger partial charge < -0.3 is 9.84 Å². The number of hydrogen-bond donors (Lipinski definition) is 1. The maximum atomic E-state index is 11.1. The number of ether oxygens (including phenoxy) is 1. The van der Waals surface area contributed by atoms with Crippen LogP contribution in [0.2, 0.25) is 0 Å². The Kier molecular flexibility index (Phi) is 6.62. The Labute approximate surface area is 164 Å². The summed E-state index contributed by atoms with van der Waals surface area (Å²) in [7, 11) is 1.39. The van der Waals surface area contributed by atoms with Gasteiger partial charge in [0.15, 0.2) is 5.75 Å². The number of nitro benzene ring substituents is 1. The Hall–Kier alpha value is -2.90. The number of aromatic hydroxyl groups is 1. The van der Waals surface area contributed by atoms with Gasteiger partial charge in [-0.2, -0.15) is 0 Å². The van der Waals surface area contributed by atoms with Gasteiger partial charge in [-0.15, -0.1) is 0 Å². The highest BCUT2D eigenvalue weighted by Gasteiger charge is 2.22. The number of piperazine rings is 1. The van der Waals surface area contributed by atoms with Crippen LogP contribution in [-0.2, 0) is 6.54 Å². The van der Waals surface area contributed by atoms with Crippen LogP contribution in [0, 0.1) is 10.1 Å². The highest BCUT2D eigenvalue weighted by Crippen LogP contribution is 2.37. The predicted molar refractivity (Wildman–Crippen MR) is 109 cm³/mol. The molecule has 28 heavy (non-hydrogen) atoms. The fourth-order valence-electron chi connectivity index (χ4n) is 3.32. The molecule has 0 bridgehead atoms. The summed E-state index contributed by atoms with van der Waals surface area (Å²) in [5.41, 5.74) is 1.64. The van der Waals surface area contributed by atoms with E-state index in [-0.39, 0.29) is 11.4 Å². The molecule has 1 fully saturated rings. The molecule has 2 aromatic carbocycles. The molecule has 0 atom stereocenters. The van der Waals surface area contributed by atoms with Crippen LogP contribution in [0.4, 0.5) is 5.69 Å². The molecule has 3 rings (SSSR count). The number of hydrogen-bond acceptors (Lipinski definition) is 6. The first-order valence-corrected chi connectivity index (χ1v) is 9.27. The molecule has 1 heterocycles. The van der Waals surface area contributed by atoms with Crippen molar-refractivity contribution in [1.29, 1.82) is 0 Å². The summed E-state index contributed by atoms with van der Waals surface area (Å²) < 4.78 is 5.07. The number of nitro groups is 1. The summed E-state index contributed by atoms with van der Waals surface area (Å²) in [5, 5.41) is 21.0. The van der Waals surface area contributed by atoms with Crippen molar-refractivity contribution in [2.45, 2.75) is 6.54 Å². The molecule has 0 aromatic heterocycles. The Bertz CT molecular complexity index is 831. The highest BCUT2D eigenvalue weighted by molar-refractivity contribution is 5.57. The lowest BCUT2D eigenvalue weighted by Crippen LogP contribution is -2.45. The molecule has 0 aliphatic carbocycles. The largest absolute Gasteiger partial charge is 0.500 e. The molecule has 0 saturated carbocycles. The van der Waals surface area contributed by atoms with Crippen LogP contribution in [0.1, 0.15) is 11.1 Å². The molecule has 148 valence electrons. The van der Waals surface area contributed by atoms with E-state index in [1.165, 1.54) is 18.7 Å². The van der Waals surface area contributed by atoms with Crippen LogP contribution in [0.3, 0.4) is 0 Å². The van der Waals surface area contributed by atoms with Crippen LogP contribution in [0.15, 0.2) is 48.5 Å². The van der Waals surface area contributed by atoms with Crippen molar-refractivity contribution < 1.29 is 14.8 Å². The zero-order valence-corrected chi connectivity index (χ0v) is 16.0. The first kappa shape index (κ1) is 19.9. The normalized spacial score (nSPS) is 15.8. The van der Waals surface area contributed by atoms with Crippen LogP contribution in [0.5, 0.6) is 11.5 Å². The van der Waals surface area contributed by atoms with Gasteiger partial charge in [-0.1, -0.05) is 42.5 Å². The SMILES string of the molecule is COc1cc(CN2CCN(CC=Cc3ccccc3)CC2)cc([N+](=O)[O-])c1O. The Morgan fingerprint density at radius 3 is 2.46 bits per heavy atom. The Morgan fingerprint density at radius 2 is 1.82 bits per heavy atom. The van der Waals surface area contributed by atoms with Crippen molar-refractivity contribution in [2.24, 2.45) is 0 Å². The number of rotatable bonds is 7. The van der Waals surface area contributed by atoms with E-state index in [4.69, 9.17) is 4.74 Å². The van der Waals surface area contributed by atoms with Crippen molar-refractivity contribution in [1.82, 2.24) is 9.80 Å². The monoisotopic (exact) mass is 383 g/mol. The molecular formula is C21H25N3O4. The fraction of sp³-hybridized carbons (Fsp3) is 0.333. The summed E-state index contributed by atoms with van der Waals surface area (Å²) in [6, 6.07) is 13.3. The zero-order valence-electron chi connectivity index (χ0n) is 16.0. The highest BCUT2D eigenvalue weighted by atomic mass is 16.6. The van der Waals surface area contributed by atoms with Gasteiger partial charge in [0.2, 0.25) is 5.75 Å². The molecule has 1 N–H and O–H groups in total. The van der Waals surface area contributed by atoms with E-state index in [0.29, 0.717) is 6.54 Å². The number of methoxy groups -OCH3 is 1. The third kappa shape index (κ3) is 5.09. The minimum absolute atomic E-state index is 0.133. The van der Waals surface area contributed by atoms with Crippen molar-refractivity contribution in [3.63, 3.8) is 0 Å². The minimum Gasteiger partial charge on any atom is -0.500 e. The lowest BCUT2D eigenvalue weighted by Gasteiger charge is -2.34. The van der Waals surface area contributed by atoms with Crippen LogP contribution >= 0.6 is 0 Å². The third-order valence-corrected chi connectivity index (χ3v) is 4.88. The lowest BCUT2D eigenvalue weighted by molar-refractivity contribution is -0.386. The molecule has 1 saturated heterocycles. The summed E-state index contributed by atoms with van der Waals surface area (Å²) >= 11 is 0. The van der Waals surface area contributed by atoms with Crippen molar-refractivity contribution in [3.8, 4) is 11.5 Å². The van der Waals surface area contributed by atoms with Gasteiger partial charge in [0, 0.05) is 45.3 Å². The maximum absolute atomic E-state index is 11.1. The fourth-order valence-corrected chi connectivity index (χ4v) is 3.32. The lowest BCUT2D eigenvalue weighted by atomic mass is 10.1. The van der Waals surface area contributed by atoms with E-state index in [0.717, 1.165) is 38.3 Å². The average molecular weight is 383 g/mol. The molecule has 0 amide bonds. The van der Waals surface area contributed by atoms with E-state index in [2.05, 4.69) is 34.1 Å². The molecule has 0 spiro atoms. The summed E-state index contributed by atoms with van der Waals surface area (Å²) in [5.74, 6) is -0.292. The van der Waals surface area contributed by atoms with Gasteiger partial charge in [-0.05, 0) is 17.2 Å². The summed E-state index contributed by atoms with van der Waals surface area (Å²) in [6.07, 6.45) is 4.31. The number of phenolic OH excluding ortho intramolecular Hbond substituents is 1.